The van der Waals surface area contributed by atoms with Crippen LogP contribution in [0, 0.1) is 13.8 Å². The Morgan fingerprint density at radius 2 is 1.97 bits per heavy atom. The number of methoxy groups -OCH3 is 1. The van der Waals surface area contributed by atoms with Crippen LogP contribution in [0.15, 0.2) is 47.6 Å². The summed E-state index contributed by atoms with van der Waals surface area (Å²) in [6.45, 7) is 4.19. The number of carbonyl (C=O) groups is 1. The molecule has 1 heterocycles. The van der Waals surface area contributed by atoms with E-state index in [1.165, 1.54) is 11.8 Å². The minimum Gasteiger partial charge on any atom is -0.493 e. The Kier molecular flexibility index (Phi) is 6.46. The highest BCUT2D eigenvalue weighted by Gasteiger charge is 2.13. The molecule has 0 aliphatic heterocycles. The molecule has 7 nitrogen and oxygen atoms in total. The summed E-state index contributed by atoms with van der Waals surface area (Å²) in [5.41, 5.74) is 11.7. The summed E-state index contributed by atoms with van der Waals surface area (Å²) >= 11 is 1.13. The molecule has 0 unspecified atom stereocenters. The number of amides is 1. The second-order valence-electron chi connectivity index (χ2n) is 6.35. The summed E-state index contributed by atoms with van der Waals surface area (Å²) in [4.78, 5) is 16.6. The third-order valence-corrected chi connectivity index (χ3v) is 5.09. The largest absolute Gasteiger partial charge is 0.493 e. The van der Waals surface area contributed by atoms with Gasteiger partial charge in [-0.15, -0.1) is 0 Å². The van der Waals surface area contributed by atoms with E-state index in [1.54, 1.807) is 26.2 Å². The van der Waals surface area contributed by atoms with Gasteiger partial charge in [-0.2, -0.15) is 5.10 Å². The fraction of sp³-hybridized carbons (Fsp3) is 0.190. The Hall–Kier alpha value is -3.39. The van der Waals surface area contributed by atoms with E-state index < -0.39 is 0 Å². The minimum absolute atomic E-state index is 0.349. The summed E-state index contributed by atoms with van der Waals surface area (Å²) in [7, 11) is 1.59. The molecule has 0 radical (unpaired) electrons. The molecule has 3 rings (SSSR count). The number of rotatable bonds is 7. The number of anilines is 1. The van der Waals surface area contributed by atoms with Crippen molar-refractivity contribution >= 4 is 28.6 Å². The van der Waals surface area contributed by atoms with Gasteiger partial charge in [-0.25, -0.2) is 10.4 Å². The van der Waals surface area contributed by atoms with Crippen molar-refractivity contribution in [1.82, 2.24) is 10.4 Å². The SMILES string of the molecule is COc1ccc(/C=N\NC(=O)c2sc(N)nc2C)cc1OCc1ccc(C)cc1. The quantitative estimate of drug-likeness (QED) is 0.457. The second kappa shape index (κ2) is 9.20. The molecule has 29 heavy (non-hydrogen) atoms. The maximum Gasteiger partial charge on any atom is 0.283 e. The molecular formula is C21H22N4O3S. The Balaban J connectivity index is 1.67. The standard InChI is InChI=1S/C21H22N4O3S/c1-13-4-6-15(7-5-13)12-28-18-10-16(8-9-17(18)27-3)11-23-25-20(26)19-14(2)24-21(22)29-19/h4-11H,12H2,1-3H3,(H2,22,24)(H,25,26)/b23-11-. The summed E-state index contributed by atoms with van der Waals surface area (Å²) in [5, 5.41) is 4.36. The van der Waals surface area contributed by atoms with Crippen LogP contribution in [-0.4, -0.2) is 24.2 Å². The van der Waals surface area contributed by atoms with Crippen molar-refractivity contribution < 1.29 is 14.3 Å². The fourth-order valence-corrected chi connectivity index (χ4v) is 3.30. The summed E-state index contributed by atoms with van der Waals surface area (Å²) in [5.74, 6) is 0.862. The van der Waals surface area contributed by atoms with Gasteiger partial charge in [0.05, 0.1) is 19.0 Å². The fourth-order valence-electron chi connectivity index (χ4n) is 2.58. The van der Waals surface area contributed by atoms with Crippen LogP contribution in [-0.2, 0) is 6.61 Å². The number of nitrogens with two attached hydrogens (primary N) is 1. The molecule has 8 heteroatoms. The number of hydrazone groups is 1. The summed E-state index contributed by atoms with van der Waals surface area (Å²) < 4.78 is 11.3. The highest BCUT2D eigenvalue weighted by molar-refractivity contribution is 7.17. The highest BCUT2D eigenvalue weighted by Crippen LogP contribution is 2.28. The zero-order valence-corrected chi connectivity index (χ0v) is 17.2. The second-order valence-corrected chi connectivity index (χ2v) is 7.38. The zero-order chi connectivity index (χ0) is 20.8. The van der Waals surface area contributed by atoms with Crippen LogP contribution in [0.3, 0.4) is 0 Å². The number of hydrogen-bond acceptors (Lipinski definition) is 7. The molecule has 3 N–H and O–H groups in total. The zero-order valence-electron chi connectivity index (χ0n) is 16.4. The molecule has 150 valence electrons. The van der Waals surface area contributed by atoms with Crippen LogP contribution in [0.25, 0.3) is 0 Å². The Morgan fingerprint density at radius 1 is 1.21 bits per heavy atom. The molecule has 0 saturated carbocycles. The van der Waals surface area contributed by atoms with Crippen molar-refractivity contribution in [3.05, 3.63) is 69.7 Å². The van der Waals surface area contributed by atoms with Gasteiger partial charge in [-0.05, 0) is 43.2 Å². The molecule has 0 aliphatic carbocycles. The van der Waals surface area contributed by atoms with E-state index in [1.807, 2.05) is 37.3 Å². The Bertz CT molecular complexity index is 1030. The monoisotopic (exact) mass is 410 g/mol. The maximum absolute atomic E-state index is 12.2. The first-order chi connectivity index (χ1) is 14.0. The van der Waals surface area contributed by atoms with Crippen LogP contribution in [0.2, 0.25) is 0 Å². The lowest BCUT2D eigenvalue weighted by Crippen LogP contribution is -2.17. The van der Waals surface area contributed by atoms with E-state index in [4.69, 9.17) is 15.2 Å². The average molecular weight is 410 g/mol. The lowest BCUT2D eigenvalue weighted by molar-refractivity contribution is 0.0958. The van der Waals surface area contributed by atoms with Gasteiger partial charge in [0.25, 0.3) is 5.91 Å². The number of aromatic nitrogens is 1. The first-order valence-corrected chi connectivity index (χ1v) is 9.70. The number of nitrogens with one attached hydrogen (secondary N) is 1. The van der Waals surface area contributed by atoms with Crippen molar-refractivity contribution in [3.8, 4) is 11.5 Å². The number of thiazole rings is 1. The molecule has 3 aromatic rings. The lowest BCUT2D eigenvalue weighted by atomic mass is 10.1. The van der Waals surface area contributed by atoms with Gasteiger partial charge in [0.2, 0.25) is 0 Å². The summed E-state index contributed by atoms with van der Waals surface area (Å²) in [6.07, 6.45) is 1.54. The minimum atomic E-state index is -0.350. The van der Waals surface area contributed by atoms with Gasteiger partial charge in [-0.1, -0.05) is 41.2 Å². The molecule has 0 bridgehead atoms. The highest BCUT2D eigenvalue weighted by atomic mass is 32.1. The van der Waals surface area contributed by atoms with E-state index in [9.17, 15) is 4.79 Å². The van der Waals surface area contributed by atoms with E-state index in [0.29, 0.717) is 33.8 Å². The van der Waals surface area contributed by atoms with Gasteiger partial charge >= 0.3 is 0 Å². The number of ether oxygens (including phenoxy) is 2. The number of carbonyl (C=O) groups excluding carboxylic acids is 1. The smallest absolute Gasteiger partial charge is 0.283 e. The predicted molar refractivity (Wildman–Crippen MR) is 115 cm³/mol. The first kappa shape index (κ1) is 20.3. The molecule has 0 saturated heterocycles. The van der Waals surface area contributed by atoms with Crippen molar-refractivity contribution in [2.24, 2.45) is 5.10 Å². The average Bonchev–Trinajstić information content (AvgIpc) is 3.05. The first-order valence-electron chi connectivity index (χ1n) is 8.89. The topological polar surface area (TPSA) is 98.8 Å². The maximum atomic E-state index is 12.2. The van der Waals surface area contributed by atoms with Gasteiger partial charge < -0.3 is 15.2 Å². The van der Waals surface area contributed by atoms with Crippen LogP contribution in [0.4, 0.5) is 5.13 Å². The van der Waals surface area contributed by atoms with Gasteiger partial charge in [0.15, 0.2) is 16.6 Å². The van der Waals surface area contributed by atoms with Crippen LogP contribution < -0.4 is 20.6 Å². The van der Waals surface area contributed by atoms with Crippen molar-refractivity contribution in [2.45, 2.75) is 20.5 Å². The molecule has 0 atom stereocenters. The molecule has 1 amide bonds. The van der Waals surface area contributed by atoms with E-state index in [2.05, 4.69) is 15.5 Å². The van der Waals surface area contributed by atoms with Crippen LogP contribution in [0.1, 0.15) is 32.1 Å². The van der Waals surface area contributed by atoms with Crippen LogP contribution >= 0.6 is 11.3 Å². The van der Waals surface area contributed by atoms with Crippen molar-refractivity contribution in [2.75, 3.05) is 12.8 Å². The summed E-state index contributed by atoms with van der Waals surface area (Å²) in [6, 6.07) is 13.6. The Labute approximate surface area is 173 Å². The van der Waals surface area contributed by atoms with Crippen molar-refractivity contribution in [3.63, 3.8) is 0 Å². The van der Waals surface area contributed by atoms with E-state index in [-0.39, 0.29) is 5.91 Å². The molecule has 1 aromatic heterocycles. The third-order valence-electron chi connectivity index (χ3n) is 4.10. The van der Waals surface area contributed by atoms with E-state index >= 15 is 0 Å². The molecular weight excluding hydrogens is 388 g/mol. The van der Waals surface area contributed by atoms with Gasteiger partial charge in [0.1, 0.15) is 11.5 Å². The number of aryl methyl sites for hydroxylation is 2. The number of nitrogen functional groups attached to an aromatic ring is 1. The molecule has 0 fully saturated rings. The molecule has 0 spiro atoms. The normalized spacial score (nSPS) is 10.9. The van der Waals surface area contributed by atoms with Crippen molar-refractivity contribution in [1.29, 1.82) is 0 Å². The van der Waals surface area contributed by atoms with Gasteiger partial charge in [0, 0.05) is 0 Å². The van der Waals surface area contributed by atoms with Crippen LogP contribution in [0.5, 0.6) is 11.5 Å². The van der Waals surface area contributed by atoms with Gasteiger partial charge in [-0.3, -0.25) is 4.79 Å². The Morgan fingerprint density at radius 3 is 2.62 bits per heavy atom. The van der Waals surface area contributed by atoms with E-state index in [0.717, 1.165) is 22.5 Å². The predicted octanol–water partition coefficient (Wildman–Crippen LogP) is 3.69. The number of benzene rings is 2. The lowest BCUT2D eigenvalue weighted by Gasteiger charge is -2.11. The third kappa shape index (κ3) is 5.32. The number of hydrogen-bond donors (Lipinski definition) is 2. The number of nitrogens with zero attached hydrogens (tertiary/aromatic N) is 2. The molecule has 2 aromatic carbocycles. The molecule has 0 aliphatic rings.